The van der Waals surface area contributed by atoms with E-state index in [1.165, 1.54) is 0 Å². The summed E-state index contributed by atoms with van der Waals surface area (Å²) in [7, 11) is 0. The smallest absolute Gasteiger partial charge is 0.338 e. The number of nitrogens with zero attached hydrogens (tertiary/aromatic N) is 1. The summed E-state index contributed by atoms with van der Waals surface area (Å²) in [6.07, 6.45) is 1.54. The van der Waals surface area contributed by atoms with Crippen LogP contribution in [0.5, 0.6) is 0 Å². The molecule has 0 saturated heterocycles. The summed E-state index contributed by atoms with van der Waals surface area (Å²) in [5.41, 5.74) is 1.57. The van der Waals surface area contributed by atoms with Gasteiger partial charge >= 0.3 is 5.97 Å². The first-order valence-electron chi connectivity index (χ1n) is 5.36. The number of hydrogen-bond donors (Lipinski definition) is 0. The number of hydrogen-bond acceptors (Lipinski definition) is 4. The van der Waals surface area contributed by atoms with Crippen LogP contribution in [0.3, 0.4) is 0 Å². The van der Waals surface area contributed by atoms with E-state index in [-0.39, 0.29) is 0 Å². The summed E-state index contributed by atoms with van der Waals surface area (Å²) in [5.74, 6) is -0.419. The first kappa shape index (κ1) is 12.9. The molecule has 0 atom stereocenters. The van der Waals surface area contributed by atoms with Crippen molar-refractivity contribution in [3.63, 3.8) is 0 Å². The zero-order chi connectivity index (χ0) is 12.7. The lowest BCUT2D eigenvalue weighted by molar-refractivity contribution is -0.107. The van der Waals surface area contributed by atoms with Crippen LogP contribution in [-0.2, 0) is 16.0 Å². The molecule has 17 heavy (non-hydrogen) atoms. The third-order valence-electron chi connectivity index (χ3n) is 2.26. The lowest BCUT2D eigenvalue weighted by Gasteiger charge is -2.07. The molecule has 88 valence electrons. The van der Waals surface area contributed by atoms with Crippen LogP contribution in [0.2, 0.25) is 0 Å². The number of carbonyl (C=O) groups is 2. The Morgan fingerprint density at radius 3 is 2.88 bits per heavy atom. The van der Waals surface area contributed by atoms with Gasteiger partial charge in [-0.1, -0.05) is 0 Å². The second-order valence-corrected chi connectivity index (χ2v) is 3.41. The molecule has 0 amide bonds. The number of nitriles is 1. The van der Waals surface area contributed by atoms with Gasteiger partial charge in [0.1, 0.15) is 6.29 Å². The molecule has 0 saturated carbocycles. The van der Waals surface area contributed by atoms with Crippen LogP contribution in [0.15, 0.2) is 18.2 Å². The second-order valence-electron chi connectivity index (χ2n) is 3.41. The summed E-state index contributed by atoms with van der Waals surface area (Å²) in [6.45, 7) is 2.03. The molecule has 0 aliphatic heterocycles. The van der Waals surface area contributed by atoms with Crippen LogP contribution in [0.1, 0.15) is 34.8 Å². The van der Waals surface area contributed by atoms with Crippen molar-refractivity contribution in [3.8, 4) is 6.07 Å². The summed E-state index contributed by atoms with van der Waals surface area (Å²) < 4.78 is 4.91. The van der Waals surface area contributed by atoms with E-state index in [4.69, 9.17) is 10.00 Å². The van der Waals surface area contributed by atoms with Gasteiger partial charge in [-0.2, -0.15) is 5.26 Å². The quantitative estimate of drug-likeness (QED) is 0.573. The summed E-state index contributed by atoms with van der Waals surface area (Å²) in [5, 5.41) is 8.78. The summed E-state index contributed by atoms with van der Waals surface area (Å²) >= 11 is 0. The Labute approximate surface area is 99.8 Å². The number of esters is 1. The maximum absolute atomic E-state index is 11.6. The van der Waals surface area contributed by atoms with E-state index in [1.807, 2.05) is 6.07 Å². The monoisotopic (exact) mass is 231 g/mol. The molecular weight excluding hydrogens is 218 g/mol. The van der Waals surface area contributed by atoms with Gasteiger partial charge in [0.25, 0.3) is 0 Å². The average molecular weight is 231 g/mol. The molecule has 0 radical (unpaired) electrons. The van der Waals surface area contributed by atoms with Crippen molar-refractivity contribution in [2.75, 3.05) is 6.61 Å². The number of aryl methyl sites for hydroxylation is 1. The Morgan fingerprint density at radius 2 is 2.29 bits per heavy atom. The fraction of sp³-hybridized carbons (Fsp3) is 0.308. The van der Waals surface area contributed by atoms with Gasteiger partial charge < -0.3 is 9.53 Å². The highest BCUT2D eigenvalue weighted by Gasteiger charge is 2.12. The topological polar surface area (TPSA) is 67.2 Å². The molecule has 0 heterocycles. The van der Waals surface area contributed by atoms with Crippen molar-refractivity contribution in [3.05, 3.63) is 34.9 Å². The molecule has 0 spiro atoms. The third-order valence-corrected chi connectivity index (χ3v) is 2.26. The Balaban J connectivity index is 3.06. The van der Waals surface area contributed by atoms with Crippen LogP contribution >= 0.6 is 0 Å². The first-order chi connectivity index (χ1) is 8.22. The number of benzene rings is 1. The molecular formula is C13H13NO3. The largest absolute Gasteiger partial charge is 0.462 e. The fourth-order valence-corrected chi connectivity index (χ4v) is 1.49. The molecule has 0 unspecified atom stereocenters. The molecule has 4 nitrogen and oxygen atoms in total. The Bertz CT molecular complexity index is 460. The molecule has 0 aromatic heterocycles. The van der Waals surface area contributed by atoms with Crippen LogP contribution in [-0.4, -0.2) is 18.9 Å². The molecule has 1 aromatic carbocycles. The highest BCUT2D eigenvalue weighted by atomic mass is 16.5. The number of rotatable bonds is 5. The van der Waals surface area contributed by atoms with E-state index < -0.39 is 5.97 Å². The summed E-state index contributed by atoms with van der Waals surface area (Å²) in [6, 6.07) is 6.75. The van der Waals surface area contributed by atoms with Gasteiger partial charge in [0.15, 0.2) is 0 Å². The van der Waals surface area contributed by atoms with Crippen molar-refractivity contribution in [1.82, 2.24) is 0 Å². The lowest BCUT2D eigenvalue weighted by atomic mass is 10.0. The molecule has 4 heteroatoms. The second kappa shape index (κ2) is 6.44. The number of aldehydes is 1. The van der Waals surface area contributed by atoms with E-state index in [1.54, 1.807) is 25.1 Å². The molecule has 0 aliphatic carbocycles. The minimum Gasteiger partial charge on any atom is -0.462 e. The predicted molar refractivity (Wildman–Crippen MR) is 61.5 cm³/mol. The van der Waals surface area contributed by atoms with Gasteiger partial charge in [0, 0.05) is 6.42 Å². The van der Waals surface area contributed by atoms with Crippen LogP contribution < -0.4 is 0 Å². The molecule has 0 N–H and O–H groups in total. The molecule has 0 aliphatic rings. The Hall–Kier alpha value is -2.15. The van der Waals surface area contributed by atoms with Crippen molar-refractivity contribution in [2.45, 2.75) is 19.8 Å². The number of ether oxygens (including phenoxy) is 1. The van der Waals surface area contributed by atoms with E-state index in [9.17, 15) is 9.59 Å². The van der Waals surface area contributed by atoms with E-state index in [0.29, 0.717) is 36.1 Å². The van der Waals surface area contributed by atoms with Crippen molar-refractivity contribution in [1.29, 1.82) is 5.26 Å². The fourth-order valence-electron chi connectivity index (χ4n) is 1.49. The minimum absolute atomic E-state index is 0.298. The summed E-state index contributed by atoms with van der Waals surface area (Å²) in [4.78, 5) is 22.0. The zero-order valence-electron chi connectivity index (χ0n) is 9.60. The van der Waals surface area contributed by atoms with E-state index in [2.05, 4.69) is 0 Å². The minimum atomic E-state index is -0.419. The SMILES string of the molecule is CCOC(=O)c1ccc(C#N)cc1CCC=O. The van der Waals surface area contributed by atoms with Crippen molar-refractivity contribution in [2.24, 2.45) is 0 Å². The number of carbonyl (C=O) groups excluding carboxylic acids is 2. The molecule has 0 fully saturated rings. The van der Waals surface area contributed by atoms with Crippen LogP contribution in [0.25, 0.3) is 0 Å². The van der Waals surface area contributed by atoms with Crippen molar-refractivity contribution < 1.29 is 14.3 Å². The Morgan fingerprint density at radius 1 is 1.53 bits per heavy atom. The standard InChI is InChI=1S/C13H13NO3/c1-2-17-13(16)12-6-5-10(9-14)8-11(12)4-3-7-15/h5-8H,2-4H2,1H3. The maximum atomic E-state index is 11.6. The third kappa shape index (κ3) is 3.42. The lowest BCUT2D eigenvalue weighted by Crippen LogP contribution is -2.08. The first-order valence-corrected chi connectivity index (χ1v) is 5.36. The van der Waals surface area contributed by atoms with Gasteiger partial charge in [0.05, 0.1) is 23.8 Å². The van der Waals surface area contributed by atoms with Gasteiger partial charge in [-0.3, -0.25) is 0 Å². The molecule has 1 rings (SSSR count). The van der Waals surface area contributed by atoms with Gasteiger partial charge in [0.2, 0.25) is 0 Å². The van der Waals surface area contributed by atoms with Gasteiger partial charge in [-0.15, -0.1) is 0 Å². The van der Waals surface area contributed by atoms with E-state index in [0.717, 1.165) is 6.29 Å². The van der Waals surface area contributed by atoms with Gasteiger partial charge in [-0.25, -0.2) is 4.79 Å². The average Bonchev–Trinajstić information content (AvgIpc) is 2.36. The highest BCUT2D eigenvalue weighted by molar-refractivity contribution is 5.91. The highest BCUT2D eigenvalue weighted by Crippen LogP contribution is 2.15. The van der Waals surface area contributed by atoms with E-state index >= 15 is 0 Å². The van der Waals surface area contributed by atoms with Crippen LogP contribution in [0, 0.1) is 11.3 Å². The predicted octanol–water partition coefficient (Wildman–Crippen LogP) is 1.87. The van der Waals surface area contributed by atoms with Crippen molar-refractivity contribution >= 4 is 12.3 Å². The van der Waals surface area contributed by atoms with Gasteiger partial charge in [-0.05, 0) is 37.1 Å². The van der Waals surface area contributed by atoms with Crippen LogP contribution in [0.4, 0.5) is 0 Å². The zero-order valence-corrected chi connectivity index (χ0v) is 9.60. The molecule has 1 aromatic rings. The Kier molecular flexibility index (Phi) is 4.89. The molecule has 0 bridgehead atoms. The maximum Gasteiger partial charge on any atom is 0.338 e. The normalized spacial score (nSPS) is 9.41.